The molecule has 0 spiro atoms. The van der Waals surface area contributed by atoms with Crippen LogP contribution in [0.25, 0.3) is 16.4 Å². The average molecular weight is 415 g/mol. The Morgan fingerprint density at radius 1 is 1.10 bits per heavy atom. The molecular formula is C21H20F3N5O. The van der Waals surface area contributed by atoms with Gasteiger partial charge in [0.1, 0.15) is 0 Å². The highest BCUT2D eigenvalue weighted by Gasteiger charge is 2.30. The Morgan fingerprint density at radius 2 is 1.80 bits per heavy atom. The first kappa shape index (κ1) is 21.2. The predicted molar refractivity (Wildman–Crippen MR) is 107 cm³/mol. The van der Waals surface area contributed by atoms with Crippen molar-refractivity contribution < 1.29 is 17.6 Å². The Kier molecular flexibility index (Phi) is 6.26. The van der Waals surface area contributed by atoms with Crippen LogP contribution in [0.5, 0.6) is 0 Å². The molecule has 1 heterocycles. The van der Waals surface area contributed by atoms with E-state index in [1.165, 1.54) is 12.1 Å². The Balaban J connectivity index is 1.76. The third-order valence-corrected chi connectivity index (χ3v) is 4.39. The number of hydrogen-bond donors (Lipinski definition) is 1. The highest BCUT2D eigenvalue weighted by molar-refractivity contribution is 5.76. The van der Waals surface area contributed by atoms with Crippen LogP contribution < -0.4 is 5.32 Å². The number of benzene rings is 2. The molecule has 0 radical (unpaired) electrons. The molecule has 1 aromatic heterocycles. The van der Waals surface area contributed by atoms with Crippen LogP contribution in [0.15, 0.2) is 52.9 Å². The van der Waals surface area contributed by atoms with Crippen molar-refractivity contribution in [2.24, 2.45) is 0 Å². The van der Waals surface area contributed by atoms with Crippen molar-refractivity contribution in [1.29, 1.82) is 0 Å². The topological polar surface area (TPSA) is 58.6 Å². The molecule has 2 aromatic carbocycles. The van der Waals surface area contributed by atoms with Crippen LogP contribution in [-0.2, 0) is 12.6 Å². The summed E-state index contributed by atoms with van der Waals surface area (Å²) in [5, 5.41) is 12.8. The monoisotopic (exact) mass is 415 g/mol. The van der Waals surface area contributed by atoms with Crippen LogP contribution in [0.2, 0.25) is 0 Å². The number of alkyl halides is 3. The number of aromatic nitrogens is 2. The van der Waals surface area contributed by atoms with Crippen LogP contribution >= 0.6 is 0 Å². The van der Waals surface area contributed by atoms with E-state index in [2.05, 4.69) is 20.5 Å². The second kappa shape index (κ2) is 8.86. The van der Waals surface area contributed by atoms with Gasteiger partial charge in [-0.1, -0.05) is 12.1 Å². The highest BCUT2D eigenvalue weighted by atomic mass is 19.4. The molecule has 0 aliphatic rings. The van der Waals surface area contributed by atoms with Gasteiger partial charge in [-0.25, -0.2) is 0 Å². The minimum Gasteiger partial charge on any atom is -0.421 e. The second-order valence-corrected chi connectivity index (χ2v) is 6.85. The molecule has 30 heavy (non-hydrogen) atoms. The summed E-state index contributed by atoms with van der Waals surface area (Å²) in [6.45, 7) is 11.5. The second-order valence-electron chi connectivity index (χ2n) is 6.85. The van der Waals surface area contributed by atoms with Gasteiger partial charge in [0, 0.05) is 12.1 Å². The Hall–Kier alpha value is -3.54. The largest absolute Gasteiger partial charge is 0.421 e. The van der Waals surface area contributed by atoms with E-state index < -0.39 is 11.7 Å². The molecule has 0 unspecified atom stereocenters. The zero-order valence-electron chi connectivity index (χ0n) is 16.4. The smallest absolute Gasteiger partial charge is 0.416 e. The van der Waals surface area contributed by atoms with Crippen molar-refractivity contribution in [2.75, 3.05) is 11.9 Å². The van der Waals surface area contributed by atoms with E-state index >= 15 is 0 Å². The molecule has 0 amide bonds. The van der Waals surface area contributed by atoms with Gasteiger partial charge in [0.05, 0.1) is 29.4 Å². The van der Waals surface area contributed by atoms with Crippen molar-refractivity contribution in [3.05, 3.63) is 71.5 Å². The average Bonchev–Trinajstić information content (AvgIpc) is 3.17. The summed E-state index contributed by atoms with van der Waals surface area (Å²) < 4.78 is 44.0. The molecule has 1 N–H and O–H groups in total. The molecule has 0 bridgehead atoms. The fourth-order valence-corrected chi connectivity index (χ4v) is 2.77. The van der Waals surface area contributed by atoms with E-state index in [9.17, 15) is 13.2 Å². The minimum atomic E-state index is -4.38. The Labute approximate surface area is 172 Å². The molecule has 0 aliphatic heterocycles. The third-order valence-electron chi connectivity index (χ3n) is 4.39. The zero-order valence-corrected chi connectivity index (χ0v) is 16.4. The lowest BCUT2D eigenvalue weighted by atomic mass is 10.1. The molecule has 0 saturated heterocycles. The maximum absolute atomic E-state index is 12.7. The Morgan fingerprint density at radius 3 is 2.43 bits per heavy atom. The first-order valence-electron chi connectivity index (χ1n) is 9.28. The third kappa shape index (κ3) is 5.08. The van der Waals surface area contributed by atoms with Crippen molar-refractivity contribution in [2.45, 2.75) is 32.5 Å². The molecule has 156 valence electrons. The first-order chi connectivity index (χ1) is 14.3. The standard InChI is InChI=1S/C21H20F3N5O/c1-14(2)29(25-3)13-12-19-27-28-20(30-19)17-6-4-5-7-18(17)26-16-10-8-15(9-11-16)21(22,23)24/h4-11,14,26H,12-13H2,1-2H3. The van der Waals surface area contributed by atoms with Gasteiger partial charge in [-0.15, -0.1) is 15.2 Å². The van der Waals surface area contributed by atoms with Gasteiger partial charge >= 0.3 is 6.18 Å². The normalized spacial score (nSPS) is 11.4. The molecule has 0 atom stereocenters. The summed E-state index contributed by atoms with van der Waals surface area (Å²) in [6.07, 6.45) is -3.95. The van der Waals surface area contributed by atoms with Crippen LogP contribution in [-0.4, -0.2) is 27.8 Å². The number of anilines is 2. The number of halogens is 3. The van der Waals surface area contributed by atoms with E-state index in [4.69, 9.17) is 11.0 Å². The lowest BCUT2D eigenvalue weighted by Crippen LogP contribution is -2.25. The van der Waals surface area contributed by atoms with Crippen molar-refractivity contribution in [1.82, 2.24) is 15.2 Å². The van der Waals surface area contributed by atoms with E-state index in [1.807, 2.05) is 13.8 Å². The molecule has 3 aromatic rings. The highest BCUT2D eigenvalue weighted by Crippen LogP contribution is 2.32. The molecule has 0 aliphatic carbocycles. The van der Waals surface area contributed by atoms with Crippen LogP contribution in [0.1, 0.15) is 25.3 Å². The summed E-state index contributed by atoms with van der Waals surface area (Å²) >= 11 is 0. The van der Waals surface area contributed by atoms with Gasteiger partial charge in [-0.05, 0) is 50.2 Å². The summed E-state index contributed by atoms with van der Waals surface area (Å²) in [4.78, 5) is 3.46. The molecule has 6 nitrogen and oxygen atoms in total. The van der Waals surface area contributed by atoms with Crippen molar-refractivity contribution in [3.63, 3.8) is 0 Å². The summed E-state index contributed by atoms with van der Waals surface area (Å²) in [7, 11) is 0. The van der Waals surface area contributed by atoms with Gasteiger partial charge in [-0.3, -0.25) is 0 Å². The molecule has 0 fully saturated rings. The number of nitrogens with one attached hydrogen (secondary N) is 1. The zero-order chi connectivity index (χ0) is 21.7. The fourth-order valence-electron chi connectivity index (χ4n) is 2.77. The number of nitrogens with zero attached hydrogens (tertiary/aromatic N) is 4. The first-order valence-corrected chi connectivity index (χ1v) is 9.28. The number of para-hydroxylation sites is 1. The van der Waals surface area contributed by atoms with Crippen LogP contribution in [0, 0.1) is 6.57 Å². The lowest BCUT2D eigenvalue weighted by molar-refractivity contribution is -0.137. The molecular weight excluding hydrogens is 395 g/mol. The summed E-state index contributed by atoms with van der Waals surface area (Å²) in [6, 6.07) is 12.0. The quantitative estimate of drug-likeness (QED) is 0.403. The predicted octanol–water partition coefficient (Wildman–Crippen LogP) is 5.59. The summed E-state index contributed by atoms with van der Waals surface area (Å²) in [5.41, 5.74) is 1.04. The SMILES string of the molecule is [C-]#[N+]N(CCc1nnc(-c2ccccc2Nc2ccc(C(F)(F)F)cc2)o1)C(C)C. The maximum atomic E-state index is 12.7. The van der Waals surface area contributed by atoms with E-state index in [1.54, 1.807) is 29.3 Å². The van der Waals surface area contributed by atoms with Crippen LogP contribution in [0.3, 0.4) is 0 Å². The van der Waals surface area contributed by atoms with Gasteiger partial charge < -0.3 is 9.73 Å². The maximum Gasteiger partial charge on any atom is 0.416 e. The van der Waals surface area contributed by atoms with Crippen molar-refractivity contribution >= 4 is 11.4 Å². The molecule has 0 saturated carbocycles. The fraction of sp³-hybridized carbons (Fsp3) is 0.286. The van der Waals surface area contributed by atoms with E-state index in [0.717, 1.165) is 12.1 Å². The van der Waals surface area contributed by atoms with Gasteiger partial charge in [0.25, 0.3) is 0 Å². The Bertz CT molecular complexity index is 1020. The minimum absolute atomic E-state index is 0.0820. The van der Waals surface area contributed by atoms with E-state index in [0.29, 0.717) is 41.7 Å². The van der Waals surface area contributed by atoms with E-state index in [-0.39, 0.29) is 6.04 Å². The van der Waals surface area contributed by atoms with Crippen LogP contribution in [0.4, 0.5) is 24.5 Å². The number of rotatable bonds is 7. The lowest BCUT2D eigenvalue weighted by Gasteiger charge is -2.12. The molecule has 3 rings (SSSR count). The summed E-state index contributed by atoms with van der Waals surface area (Å²) in [5.74, 6) is 0.697. The number of hydrogen-bond acceptors (Lipinski definition) is 5. The van der Waals surface area contributed by atoms with Gasteiger partial charge in [0.15, 0.2) is 0 Å². The van der Waals surface area contributed by atoms with Gasteiger partial charge in [-0.2, -0.15) is 24.7 Å². The van der Waals surface area contributed by atoms with Gasteiger partial charge in [0.2, 0.25) is 11.8 Å². The van der Waals surface area contributed by atoms with Crippen molar-refractivity contribution in [3.8, 4) is 11.5 Å². The molecule has 9 heteroatoms.